The summed E-state index contributed by atoms with van der Waals surface area (Å²) < 4.78 is 36.0. The Morgan fingerprint density at radius 2 is 2.00 bits per heavy atom. The molecule has 3 aromatic rings. The molecular weight excluding hydrogens is 376 g/mol. The van der Waals surface area contributed by atoms with Gasteiger partial charge in [-0.3, -0.25) is 4.79 Å². The minimum Gasteiger partial charge on any atom is -0.383 e. The third kappa shape index (κ3) is 3.48. The maximum Gasteiger partial charge on any atom is 0.253 e. The van der Waals surface area contributed by atoms with Crippen molar-refractivity contribution in [3.05, 3.63) is 52.2 Å². The van der Waals surface area contributed by atoms with Gasteiger partial charge in [0.2, 0.25) is 5.92 Å². The molecule has 0 N–H and O–H groups in total. The van der Waals surface area contributed by atoms with Crippen LogP contribution in [-0.4, -0.2) is 33.8 Å². The molecule has 0 bridgehead atoms. The molecule has 1 fully saturated rings. The molecule has 7 heteroatoms. The quantitative estimate of drug-likeness (QED) is 0.635. The Hall–Kier alpha value is -2.54. The highest BCUT2D eigenvalue weighted by molar-refractivity contribution is 5.83. The lowest BCUT2D eigenvalue weighted by molar-refractivity contribution is -0.0893. The number of methoxy groups -OCH3 is 1. The zero-order chi connectivity index (χ0) is 20.9. The van der Waals surface area contributed by atoms with E-state index in [1.807, 2.05) is 42.0 Å². The Labute approximate surface area is 167 Å². The van der Waals surface area contributed by atoms with Crippen LogP contribution in [0.5, 0.6) is 0 Å². The molecule has 0 aliphatic heterocycles. The van der Waals surface area contributed by atoms with Gasteiger partial charge in [0.15, 0.2) is 0 Å². The molecule has 2 aromatic heterocycles. The van der Waals surface area contributed by atoms with Crippen molar-refractivity contribution < 1.29 is 13.5 Å². The molecule has 0 amide bonds. The molecule has 0 radical (unpaired) electrons. The minimum atomic E-state index is -2.60. The summed E-state index contributed by atoms with van der Waals surface area (Å²) in [5.74, 6) is -2.15. The molecule has 4 rings (SSSR count). The van der Waals surface area contributed by atoms with Crippen LogP contribution in [0.3, 0.4) is 0 Å². The van der Waals surface area contributed by atoms with Crippen molar-refractivity contribution >= 4 is 11.0 Å². The highest BCUT2D eigenvalue weighted by Gasteiger charge is 2.48. The van der Waals surface area contributed by atoms with Gasteiger partial charge in [-0.15, -0.1) is 0 Å². The van der Waals surface area contributed by atoms with E-state index in [0.29, 0.717) is 18.0 Å². The molecule has 0 saturated heterocycles. The second-order valence-electron chi connectivity index (χ2n) is 8.14. The predicted molar refractivity (Wildman–Crippen MR) is 109 cm³/mol. The van der Waals surface area contributed by atoms with Crippen molar-refractivity contribution in [2.24, 2.45) is 7.05 Å². The Morgan fingerprint density at radius 3 is 2.62 bits per heavy atom. The smallest absolute Gasteiger partial charge is 0.253 e. The van der Waals surface area contributed by atoms with E-state index in [2.05, 4.69) is 0 Å². The first-order chi connectivity index (χ1) is 13.7. The first kappa shape index (κ1) is 19.8. The number of hydrogen-bond donors (Lipinski definition) is 0. The average molecular weight is 401 g/mol. The summed E-state index contributed by atoms with van der Waals surface area (Å²) in [6.45, 7) is 4.27. The van der Waals surface area contributed by atoms with Crippen LogP contribution in [-0.2, 0) is 11.8 Å². The lowest BCUT2D eigenvalue weighted by atomic mass is 9.80. The van der Waals surface area contributed by atoms with Crippen LogP contribution in [0.1, 0.15) is 43.1 Å². The normalized spacial score (nSPS) is 17.4. The third-order valence-corrected chi connectivity index (χ3v) is 5.72. The van der Waals surface area contributed by atoms with Gasteiger partial charge in [-0.05, 0) is 43.2 Å². The van der Waals surface area contributed by atoms with Crippen molar-refractivity contribution in [2.75, 3.05) is 13.7 Å². The standard InChI is InChI=1S/C22H25F2N3O2/c1-13-7-16(11-26(3)21(13)28)15-5-6-18-19(8-15)27(14(2)12-29-4)20(25-18)17-9-22(23,24)10-17/h5-8,11,14,17H,9-10,12H2,1-4H3. The first-order valence-corrected chi connectivity index (χ1v) is 9.76. The van der Waals surface area contributed by atoms with Crippen LogP contribution in [0.25, 0.3) is 22.2 Å². The van der Waals surface area contributed by atoms with Crippen LogP contribution in [0.15, 0.2) is 35.3 Å². The summed E-state index contributed by atoms with van der Waals surface area (Å²) in [6, 6.07) is 7.73. The lowest BCUT2D eigenvalue weighted by Gasteiger charge is -2.35. The number of aromatic nitrogens is 3. The number of fused-ring (bicyclic) bond motifs is 1. The Kier molecular flexibility index (Phi) is 4.81. The minimum absolute atomic E-state index is 0.0261. The second-order valence-corrected chi connectivity index (χ2v) is 8.14. The predicted octanol–water partition coefficient (Wildman–Crippen LogP) is 4.43. The van der Waals surface area contributed by atoms with Gasteiger partial charge in [-0.2, -0.15) is 0 Å². The number of aryl methyl sites for hydroxylation is 2. The van der Waals surface area contributed by atoms with Gasteiger partial charge in [0.05, 0.1) is 23.7 Å². The van der Waals surface area contributed by atoms with Crippen LogP contribution < -0.4 is 5.56 Å². The molecule has 1 aromatic carbocycles. The van der Waals surface area contributed by atoms with E-state index in [1.165, 1.54) is 0 Å². The van der Waals surface area contributed by atoms with E-state index in [4.69, 9.17) is 9.72 Å². The van der Waals surface area contributed by atoms with E-state index >= 15 is 0 Å². The fourth-order valence-corrected chi connectivity index (χ4v) is 4.24. The number of hydrogen-bond acceptors (Lipinski definition) is 3. The average Bonchev–Trinajstić information content (AvgIpc) is 3.02. The summed E-state index contributed by atoms with van der Waals surface area (Å²) in [5, 5.41) is 0. The molecule has 5 nitrogen and oxygen atoms in total. The van der Waals surface area contributed by atoms with Gasteiger partial charge in [0.25, 0.3) is 5.56 Å². The van der Waals surface area contributed by atoms with Gasteiger partial charge in [-0.25, -0.2) is 13.8 Å². The topological polar surface area (TPSA) is 49.1 Å². The van der Waals surface area contributed by atoms with Crippen molar-refractivity contribution in [1.29, 1.82) is 0 Å². The third-order valence-electron chi connectivity index (χ3n) is 5.72. The summed E-state index contributed by atoms with van der Waals surface area (Å²) in [7, 11) is 3.36. The summed E-state index contributed by atoms with van der Waals surface area (Å²) in [6.07, 6.45) is 1.48. The van der Waals surface area contributed by atoms with Gasteiger partial charge in [0, 0.05) is 44.7 Å². The van der Waals surface area contributed by atoms with Gasteiger partial charge in [0.1, 0.15) is 5.82 Å². The maximum absolute atomic E-state index is 13.5. The number of halogens is 2. The van der Waals surface area contributed by atoms with E-state index < -0.39 is 5.92 Å². The monoisotopic (exact) mass is 401 g/mol. The van der Waals surface area contributed by atoms with Crippen LogP contribution in [0.2, 0.25) is 0 Å². The van der Waals surface area contributed by atoms with Crippen LogP contribution in [0.4, 0.5) is 8.78 Å². The molecule has 29 heavy (non-hydrogen) atoms. The van der Waals surface area contributed by atoms with Gasteiger partial charge >= 0.3 is 0 Å². The van der Waals surface area contributed by atoms with Crippen molar-refractivity contribution in [1.82, 2.24) is 14.1 Å². The highest BCUT2D eigenvalue weighted by Crippen LogP contribution is 2.49. The van der Waals surface area contributed by atoms with E-state index in [9.17, 15) is 13.6 Å². The van der Waals surface area contributed by atoms with Crippen molar-refractivity contribution in [2.45, 2.75) is 44.6 Å². The van der Waals surface area contributed by atoms with Crippen LogP contribution >= 0.6 is 0 Å². The highest BCUT2D eigenvalue weighted by atomic mass is 19.3. The number of nitrogens with zero attached hydrogens (tertiary/aromatic N) is 3. The molecule has 2 heterocycles. The first-order valence-electron chi connectivity index (χ1n) is 9.76. The summed E-state index contributed by atoms with van der Waals surface area (Å²) in [5.41, 5.74) is 4.19. The zero-order valence-corrected chi connectivity index (χ0v) is 17.1. The van der Waals surface area contributed by atoms with Crippen molar-refractivity contribution in [3.63, 3.8) is 0 Å². The SMILES string of the molecule is COCC(C)n1c(C2CC(F)(F)C2)nc2ccc(-c3cc(C)c(=O)n(C)c3)cc21. The number of ether oxygens (including phenoxy) is 1. The number of rotatable bonds is 5. The largest absolute Gasteiger partial charge is 0.383 e. The number of benzene rings is 1. The number of imidazole rings is 1. The molecule has 1 aliphatic carbocycles. The fraction of sp³-hybridized carbons (Fsp3) is 0.455. The summed E-state index contributed by atoms with van der Waals surface area (Å²) in [4.78, 5) is 16.7. The fourth-order valence-electron chi connectivity index (χ4n) is 4.24. The van der Waals surface area contributed by atoms with E-state index in [-0.39, 0.29) is 30.4 Å². The van der Waals surface area contributed by atoms with Gasteiger partial charge in [-0.1, -0.05) is 6.07 Å². The Morgan fingerprint density at radius 1 is 1.28 bits per heavy atom. The zero-order valence-electron chi connectivity index (χ0n) is 17.1. The van der Waals surface area contributed by atoms with E-state index in [1.54, 1.807) is 25.6 Å². The molecule has 1 saturated carbocycles. The van der Waals surface area contributed by atoms with E-state index in [0.717, 1.165) is 22.2 Å². The molecule has 154 valence electrons. The Bertz CT molecular complexity index is 1100. The van der Waals surface area contributed by atoms with Crippen LogP contribution in [0, 0.1) is 6.92 Å². The van der Waals surface area contributed by atoms with Gasteiger partial charge < -0.3 is 13.9 Å². The maximum atomic E-state index is 13.5. The molecule has 1 aliphatic rings. The summed E-state index contributed by atoms with van der Waals surface area (Å²) >= 11 is 0. The Balaban J connectivity index is 1.85. The van der Waals surface area contributed by atoms with Crippen molar-refractivity contribution in [3.8, 4) is 11.1 Å². The molecular formula is C22H25F2N3O2. The second kappa shape index (κ2) is 7.06. The molecule has 1 atom stereocenters. The number of pyridine rings is 1. The molecule has 0 spiro atoms. The molecule has 1 unspecified atom stereocenters. The number of alkyl halides is 2. The lowest BCUT2D eigenvalue weighted by Crippen LogP contribution is -2.35.